The third-order valence-corrected chi connectivity index (χ3v) is 7.02. The summed E-state index contributed by atoms with van der Waals surface area (Å²) in [5.74, 6) is 1.05. The third-order valence-electron chi connectivity index (χ3n) is 7.02. The van der Waals surface area contributed by atoms with Gasteiger partial charge in [-0.15, -0.1) is 0 Å². The first kappa shape index (κ1) is 25.2. The molecule has 0 radical (unpaired) electrons. The van der Waals surface area contributed by atoms with Crippen molar-refractivity contribution < 1.29 is 14.3 Å². The van der Waals surface area contributed by atoms with Crippen LogP contribution in [-0.2, 0) is 16.1 Å². The third kappa shape index (κ3) is 6.39. The summed E-state index contributed by atoms with van der Waals surface area (Å²) < 4.78 is 5.00. The Morgan fingerprint density at radius 3 is 2.46 bits per heavy atom. The fraction of sp³-hybridized carbons (Fsp3) is 0.615. The molecule has 9 heteroatoms. The minimum Gasteiger partial charge on any atom is -0.467 e. The van der Waals surface area contributed by atoms with E-state index in [1.54, 1.807) is 0 Å². The Bertz CT molecular complexity index is 1020. The van der Waals surface area contributed by atoms with Crippen molar-refractivity contribution in [3.63, 3.8) is 0 Å². The van der Waals surface area contributed by atoms with Gasteiger partial charge in [-0.05, 0) is 30.9 Å². The molecule has 1 aromatic heterocycles. The highest BCUT2D eigenvalue weighted by molar-refractivity contribution is 5.91. The average molecular weight is 483 g/mol. The number of anilines is 1. The molecule has 2 aliphatic rings. The summed E-state index contributed by atoms with van der Waals surface area (Å²) in [5.41, 5.74) is 0.831. The molecule has 2 amide bonds. The van der Waals surface area contributed by atoms with E-state index in [9.17, 15) is 9.59 Å². The van der Waals surface area contributed by atoms with Crippen LogP contribution in [0.5, 0.6) is 0 Å². The van der Waals surface area contributed by atoms with E-state index in [1.807, 2.05) is 43.0 Å². The highest BCUT2D eigenvalue weighted by Gasteiger charge is 2.26. The molecule has 2 heterocycles. The first-order chi connectivity index (χ1) is 16.9. The fourth-order valence-electron chi connectivity index (χ4n) is 4.90. The number of rotatable bonds is 7. The van der Waals surface area contributed by atoms with Gasteiger partial charge >= 0.3 is 12.0 Å². The van der Waals surface area contributed by atoms with E-state index in [4.69, 9.17) is 14.7 Å². The molecular weight excluding hydrogens is 444 g/mol. The molecule has 35 heavy (non-hydrogen) atoms. The van der Waals surface area contributed by atoms with Crippen molar-refractivity contribution in [1.82, 2.24) is 25.1 Å². The molecule has 1 saturated carbocycles. The van der Waals surface area contributed by atoms with Gasteiger partial charge in [0.1, 0.15) is 17.7 Å². The highest BCUT2D eigenvalue weighted by atomic mass is 16.5. The van der Waals surface area contributed by atoms with E-state index in [0.717, 1.165) is 36.8 Å². The summed E-state index contributed by atoms with van der Waals surface area (Å²) in [7, 11) is 1.40. The smallest absolute Gasteiger partial charge is 0.328 e. The maximum absolute atomic E-state index is 12.7. The number of piperazine rings is 1. The topological polar surface area (TPSA) is 99.7 Å². The summed E-state index contributed by atoms with van der Waals surface area (Å²) in [6.45, 7) is 7.46. The van der Waals surface area contributed by atoms with Crippen molar-refractivity contribution in [3.8, 4) is 0 Å². The number of methoxy groups -OCH3 is 1. The first-order valence-corrected chi connectivity index (χ1v) is 12.8. The van der Waals surface area contributed by atoms with Crippen molar-refractivity contribution in [2.24, 2.45) is 5.92 Å². The molecule has 9 nitrogen and oxygen atoms in total. The number of aromatic nitrogens is 2. The molecule has 1 atom stereocenters. The van der Waals surface area contributed by atoms with E-state index < -0.39 is 6.04 Å². The predicted octanol–water partition coefficient (Wildman–Crippen LogP) is 3.40. The molecule has 2 fully saturated rings. The van der Waals surface area contributed by atoms with Crippen molar-refractivity contribution >= 4 is 28.7 Å². The number of amides is 2. The molecule has 1 aromatic carbocycles. The van der Waals surface area contributed by atoms with Crippen LogP contribution in [0.2, 0.25) is 0 Å². The zero-order valence-corrected chi connectivity index (χ0v) is 21.1. The summed E-state index contributed by atoms with van der Waals surface area (Å²) in [6, 6.07) is 7.70. The summed E-state index contributed by atoms with van der Waals surface area (Å²) >= 11 is 0. The van der Waals surface area contributed by atoms with Gasteiger partial charge < -0.3 is 20.3 Å². The maximum Gasteiger partial charge on any atom is 0.328 e. The van der Waals surface area contributed by atoms with Crippen LogP contribution in [0.3, 0.4) is 0 Å². The number of urea groups is 1. The molecule has 0 unspecified atom stereocenters. The normalized spacial score (nSPS) is 18.5. The van der Waals surface area contributed by atoms with Crippen LogP contribution in [0.15, 0.2) is 24.3 Å². The molecule has 190 valence electrons. The minimum atomic E-state index is -0.502. The summed E-state index contributed by atoms with van der Waals surface area (Å²) in [5, 5.41) is 7.40. The molecule has 1 aliphatic heterocycles. The number of esters is 1. The van der Waals surface area contributed by atoms with Crippen LogP contribution in [0.25, 0.3) is 10.9 Å². The molecular formula is C26H38N6O3. The second-order valence-corrected chi connectivity index (χ2v) is 9.94. The molecule has 2 aromatic rings. The van der Waals surface area contributed by atoms with E-state index in [-0.39, 0.29) is 17.9 Å². The van der Waals surface area contributed by atoms with Crippen molar-refractivity contribution in [2.75, 3.05) is 38.6 Å². The number of nitrogens with zero attached hydrogens (tertiary/aromatic N) is 4. The SMILES string of the molecule is COC(=O)[C@@H](Nc1nc(CN2CCN(C(=O)NC3CCCCC3)CC2)nc2ccccc12)C(C)C. The van der Waals surface area contributed by atoms with Crippen LogP contribution in [0.1, 0.15) is 51.8 Å². The number of ether oxygens (including phenoxy) is 1. The van der Waals surface area contributed by atoms with E-state index in [1.165, 1.54) is 26.4 Å². The van der Waals surface area contributed by atoms with Crippen molar-refractivity contribution in [3.05, 3.63) is 30.1 Å². The van der Waals surface area contributed by atoms with Crippen molar-refractivity contribution in [1.29, 1.82) is 0 Å². The first-order valence-electron chi connectivity index (χ1n) is 12.8. The number of carbonyl (C=O) groups excluding carboxylic acids is 2. The quantitative estimate of drug-likeness (QED) is 0.584. The number of nitrogens with one attached hydrogen (secondary N) is 2. The van der Waals surface area contributed by atoms with Crippen LogP contribution >= 0.6 is 0 Å². The van der Waals surface area contributed by atoms with Gasteiger partial charge in [0.2, 0.25) is 0 Å². The minimum absolute atomic E-state index is 0.0347. The molecule has 2 N–H and O–H groups in total. The molecule has 1 saturated heterocycles. The lowest BCUT2D eigenvalue weighted by Gasteiger charge is -2.35. The number of benzene rings is 1. The molecule has 0 spiro atoms. The summed E-state index contributed by atoms with van der Waals surface area (Å²) in [4.78, 5) is 38.8. The zero-order chi connectivity index (χ0) is 24.8. The number of carbonyl (C=O) groups is 2. The lowest BCUT2D eigenvalue weighted by Crippen LogP contribution is -2.53. The summed E-state index contributed by atoms with van der Waals surface area (Å²) in [6.07, 6.45) is 5.88. The molecule has 0 bridgehead atoms. The largest absolute Gasteiger partial charge is 0.467 e. The maximum atomic E-state index is 12.7. The van der Waals surface area contributed by atoms with Gasteiger partial charge in [-0.2, -0.15) is 0 Å². The number of para-hydroxylation sites is 1. The second-order valence-electron chi connectivity index (χ2n) is 9.94. The van der Waals surface area contributed by atoms with Crippen LogP contribution < -0.4 is 10.6 Å². The van der Waals surface area contributed by atoms with E-state index in [2.05, 4.69) is 15.5 Å². The standard InChI is InChI=1S/C26H38N6O3/c1-18(2)23(25(33)35-3)30-24-20-11-7-8-12-21(20)28-22(29-24)17-31-13-15-32(16-14-31)26(34)27-19-9-5-4-6-10-19/h7-8,11-12,18-19,23H,4-6,9-10,13-17H2,1-3H3,(H,27,34)(H,28,29,30)/t23-/m0/s1. The number of hydrogen-bond acceptors (Lipinski definition) is 7. The molecule has 4 rings (SSSR count). The Labute approximate surface area is 207 Å². The van der Waals surface area contributed by atoms with Gasteiger partial charge in [-0.25, -0.2) is 19.6 Å². The van der Waals surface area contributed by atoms with Crippen LogP contribution in [0, 0.1) is 5.92 Å². The Kier molecular flexibility index (Phi) is 8.38. The number of fused-ring (bicyclic) bond motifs is 1. The Morgan fingerprint density at radius 1 is 1.06 bits per heavy atom. The van der Waals surface area contributed by atoms with Crippen molar-refractivity contribution in [2.45, 2.75) is 64.6 Å². The second kappa shape index (κ2) is 11.7. The lowest BCUT2D eigenvalue weighted by atomic mass is 9.96. The van der Waals surface area contributed by atoms with Gasteiger partial charge in [0, 0.05) is 37.6 Å². The molecule has 1 aliphatic carbocycles. The van der Waals surface area contributed by atoms with E-state index >= 15 is 0 Å². The highest BCUT2D eigenvalue weighted by Crippen LogP contribution is 2.23. The van der Waals surface area contributed by atoms with Crippen LogP contribution in [-0.4, -0.2) is 77.1 Å². The predicted molar refractivity (Wildman–Crippen MR) is 136 cm³/mol. The Balaban J connectivity index is 1.41. The van der Waals surface area contributed by atoms with Gasteiger partial charge in [0.15, 0.2) is 0 Å². The van der Waals surface area contributed by atoms with Gasteiger partial charge in [-0.1, -0.05) is 45.2 Å². The fourth-order valence-corrected chi connectivity index (χ4v) is 4.90. The lowest BCUT2D eigenvalue weighted by molar-refractivity contribution is -0.142. The van der Waals surface area contributed by atoms with Gasteiger partial charge in [0.25, 0.3) is 0 Å². The van der Waals surface area contributed by atoms with Crippen LogP contribution in [0.4, 0.5) is 10.6 Å². The van der Waals surface area contributed by atoms with Gasteiger partial charge in [0.05, 0.1) is 19.2 Å². The zero-order valence-electron chi connectivity index (χ0n) is 21.1. The Morgan fingerprint density at radius 2 is 1.77 bits per heavy atom. The average Bonchev–Trinajstić information content (AvgIpc) is 2.87. The number of hydrogen-bond donors (Lipinski definition) is 2. The Hall–Kier alpha value is -2.94. The van der Waals surface area contributed by atoms with Gasteiger partial charge in [-0.3, -0.25) is 4.90 Å². The van der Waals surface area contributed by atoms with E-state index in [0.29, 0.717) is 37.3 Å². The monoisotopic (exact) mass is 482 g/mol.